The first-order chi connectivity index (χ1) is 10.6. The third-order valence-corrected chi connectivity index (χ3v) is 3.40. The van der Waals surface area contributed by atoms with Crippen LogP contribution in [0.3, 0.4) is 0 Å². The standard InChI is InChI=1S/C16H23N3O3/c1-2-3-8-18-15(20)10-22-14-7-4-11(9-13(14)17)16(21)19-12-5-6-12/h4,7,9,12H,2-3,5-6,8,10,17H2,1H3,(H,18,20)(H,19,21). The van der Waals surface area contributed by atoms with Crippen molar-refractivity contribution in [2.75, 3.05) is 18.9 Å². The predicted octanol–water partition coefficient (Wildman–Crippen LogP) is 1.46. The number of nitrogens with two attached hydrogens (primary N) is 1. The first kappa shape index (κ1) is 16.1. The topological polar surface area (TPSA) is 93.4 Å². The molecule has 0 atom stereocenters. The molecule has 0 bridgehead atoms. The van der Waals surface area contributed by atoms with Gasteiger partial charge in [0.2, 0.25) is 0 Å². The van der Waals surface area contributed by atoms with Gasteiger partial charge in [-0.3, -0.25) is 9.59 Å². The van der Waals surface area contributed by atoms with Crippen molar-refractivity contribution in [2.45, 2.75) is 38.6 Å². The Bertz CT molecular complexity index is 541. The number of amides is 2. The molecular formula is C16H23N3O3. The molecule has 1 saturated carbocycles. The minimum atomic E-state index is -0.177. The summed E-state index contributed by atoms with van der Waals surface area (Å²) in [5, 5.41) is 5.66. The summed E-state index contributed by atoms with van der Waals surface area (Å²) in [5.74, 6) is 0.107. The van der Waals surface area contributed by atoms with Crippen LogP contribution in [0.5, 0.6) is 5.75 Å². The van der Waals surface area contributed by atoms with E-state index in [9.17, 15) is 9.59 Å². The highest BCUT2D eigenvalue weighted by molar-refractivity contribution is 5.95. The molecule has 2 rings (SSSR count). The number of carbonyl (C=O) groups is 2. The van der Waals surface area contributed by atoms with Gasteiger partial charge in [-0.1, -0.05) is 13.3 Å². The molecule has 120 valence electrons. The molecular weight excluding hydrogens is 282 g/mol. The molecule has 1 aromatic rings. The molecule has 1 aliphatic carbocycles. The van der Waals surface area contributed by atoms with Gasteiger partial charge in [0, 0.05) is 18.2 Å². The zero-order valence-corrected chi connectivity index (χ0v) is 12.9. The van der Waals surface area contributed by atoms with E-state index in [1.165, 1.54) is 0 Å². The van der Waals surface area contributed by atoms with Gasteiger partial charge >= 0.3 is 0 Å². The molecule has 0 saturated heterocycles. The van der Waals surface area contributed by atoms with Crippen LogP contribution in [-0.4, -0.2) is 31.0 Å². The Kier molecular flexibility index (Phi) is 5.63. The van der Waals surface area contributed by atoms with Crippen molar-refractivity contribution in [1.29, 1.82) is 0 Å². The maximum Gasteiger partial charge on any atom is 0.257 e. The number of carbonyl (C=O) groups excluding carboxylic acids is 2. The van der Waals surface area contributed by atoms with Crippen LogP contribution < -0.4 is 21.1 Å². The molecule has 6 nitrogen and oxygen atoms in total. The summed E-state index contributed by atoms with van der Waals surface area (Å²) >= 11 is 0. The maximum absolute atomic E-state index is 11.9. The molecule has 0 aromatic heterocycles. The fourth-order valence-electron chi connectivity index (χ4n) is 1.92. The monoisotopic (exact) mass is 305 g/mol. The van der Waals surface area contributed by atoms with E-state index < -0.39 is 0 Å². The fourth-order valence-corrected chi connectivity index (χ4v) is 1.92. The largest absolute Gasteiger partial charge is 0.482 e. The van der Waals surface area contributed by atoms with Gasteiger partial charge in [0.05, 0.1) is 5.69 Å². The van der Waals surface area contributed by atoms with Gasteiger partial charge in [0.25, 0.3) is 11.8 Å². The Hall–Kier alpha value is -2.24. The van der Waals surface area contributed by atoms with Crippen LogP contribution in [-0.2, 0) is 4.79 Å². The van der Waals surface area contributed by atoms with Gasteiger partial charge in [-0.15, -0.1) is 0 Å². The third kappa shape index (κ3) is 4.95. The highest BCUT2D eigenvalue weighted by Gasteiger charge is 2.24. The zero-order chi connectivity index (χ0) is 15.9. The first-order valence-electron chi connectivity index (χ1n) is 7.70. The number of benzene rings is 1. The molecule has 2 amide bonds. The Morgan fingerprint density at radius 1 is 1.36 bits per heavy atom. The van der Waals surface area contributed by atoms with Gasteiger partial charge in [0.15, 0.2) is 6.61 Å². The Labute approximate surface area is 130 Å². The minimum Gasteiger partial charge on any atom is -0.482 e. The van der Waals surface area contributed by atoms with Crippen LogP contribution in [0.4, 0.5) is 5.69 Å². The number of unbranched alkanes of at least 4 members (excludes halogenated alkanes) is 1. The van der Waals surface area contributed by atoms with E-state index in [1.54, 1.807) is 18.2 Å². The van der Waals surface area contributed by atoms with E-state index in [-0.39, 0.29) is 18.4 Å². The SMILES string of the molecule is CCCCNC(=O)COc1ccc(C(=O)NC2CC2)cc1N. The molecule has 1 aromatic carbocycles. The molecule has 1 fully saturated rings. The Balaban J connectivity index is 1.83. The third-order valence-electron chi connectivity index (χ3n) is 3.40. The Morgan fingerprint density at radius 2 is 2.14 bits per heavy atom. The van der Waals surface area contributed by atoms with Gasteiger partial charge < -0.3 is 21.1 Å². The van der Waals surface area contributed by atoms with E-state index >= 15 is 0 Å². The first-order valence-corrected chi connectivity index (χ1v) is 7.70. The summed E-state index contributed by atoms with van der Waals surface area (Å²) in [7, 11) is 0. The highest BCUT2D eigenvalue weighted by atomic mass is 16.5. The van der Waals surface area contributed by atoms with Crippen molar-refractivity contribution >= 4 is 17.5 Å². The molecule has 0 unspecified atom stereocenters. The van der Waals surface area contributed by atoms with E-state index in [4.69, 9.17) is 10.5 Å². The normalized spacial score (nSPS) is 13.5. The van der Waals surface area contributed by atoms with E-state index in [2.05, 4.69) is 17.6 Å². The van der Waals surface area contributed by atoms with Crippen molar-refractivity contribution in [1.82, 2.24) is 10.6 Å². The second-order valence-corrected chi connectivity index (χ2v) is 5.49. The van der Waals surface area contributed by atoms with Gasteiger partial charge in [0.1, 0.15) is 5.75 Å². The summed E-state index contributed by atoms with van der Waals surface area (Å²) in [6, 6.07) is 5.15. The van der Waals surface area contributed by atoms with Crippen LogP contribution in [0.1, 0.15) is 43.0 Å². The van der Waals surface area contributed by atoms with Crippen LogP contribution in [0.25, 0.3) is 0 Å². The number of hydrogen-bond acceptors (Lipinski definition) is 4. The number of nitrogen functional groups attached to an aromatic ring is 1. The zero-order valence-electron chi connectivity index (χ0n) is 12.9. The number of anilines is 1. The second-order valence-electron chi connectivity index (χ2n) is 5.49. The summed E-state index contributed by atoms with van der Waals surface area (Å²) in [6.45, 7) is 2.63. The molecule has 22 heavy (non-hydrogen) atoms. The quantitative estimate of drug-likeness (QED) is 0.500. The van der Waals surface area contributed by atoms with Crippen molar-refractivity contribution < 1.29 is 14.3 Å². The van der Waals surface area contributed by atoms with Crippen LogP contribution >= 0.6 is 0 Å². The minimum absolute atomic E-state index is 0.0818. The molecule has 4 N–H and O–H groups in total. The molecule has 0 aliphatic heterocycles. The number of ether oxygens (including phenoxy) is 1. The molecule has 0 spiro atoms. The lowest BCUT2D eigenvalue weighted by atomic mass is 10.1. The lowest BCUT2D eigenvalue weighted by Crippen LogP contribution is -2.29. The summed E-state index contributed by atoms with van der Waals surface area (Å²) < 4.78 is 5.39. The van der Waals surface area contributed by atoms with Crippen molar-refractivity contribution in [2.24, 2.45) is 0 Å². The fraction of sp³-hybridized carbons (Fsp3) is 0.500. The van der Waals surface area contributed by atoms with Gasteiger partial charge in [-0.25, -0.2) is 0 Å². The maximum atomic E-state index is 11.9. The van der Waals surface area contributed by atoms with Crippen molar-refractivity contribution in [3.8, 4) is 5.75 Å². The molecule has 6 heteroatoms. The molecule has 0 radical (unpaired) electrons. The van der Waals surface area contributed by atoms with Crippen LogP contribution in [0, 0.1) is 0 Å². The van der Waals surface area contributed by atoms with E-state index in [0.29, 0.717) is 29.6 Å². The summed E-state index contributed by atoms with van der Waals surface area (Å²) in [6.07, 6.45) is 4.04. The molecule has 1 aliphatic rings. The number of nitrogens with one attached hydrogen (secondary N) is 2. The van der Waals surface area contributed by atoms with Gasteiger partial charge in [-0.2, -0.15) is 0 Å². The average molecular weight is 305 g/mol. The van der Waals surface area contributed by atoms with Gasteiger partial charge in [-0.05, 0) is 37.5 Å². The number of rotatable bonds is 8. The highest BCUT2D eigenvalue weighted by Crippen LogP contribution is 2.24. The summed E-state index contributed by atoms with van der Waals surface area (Å²) in [5.41, 5.74) is 6.73. The van der Waals surface area contributed by atoms with E-state index in [0.717, 1.165) is 25.7 Å². The van der Waals surface area contributed by atoms with Crippen molar-refractivity contribution in [3.63, 3.8) is 0 Å². The lowest BCUT2D eigenvalue weighted by molar-refractivity contribution is -0.123. The predicted molar refractivity (Wildman–Crippen MR) is 84.8 cm³/mol. The Morgan fingerprint density at radius 3 is 2.77 bits per heavy atom. The smallest absolute Gasteiger partial charge is 0.257 e. The number of hydrogen-bond donors (Lipinski definition) is 3. The van der Waals surface area contributed by atoms with Crippen molar-refractivity contribution in [3.05, 3.63) is 23.8 Å². The average Bonchev–Trinajstić information content (AvgIpc) is 3.30. The second kappa shape index (κ2) is 7.68. The summed E-state index contributed by atoms with van der Waals surface area (Å²) in [4.78, 5) is 23.5. The van der Waals surface area contributed by atoms with Crippen LogP contribution in [0.15, 0.2) is 18.2 Å². The lowest BCUT2D eigenvalue weighted by Gasteiger charge is -2.11. The molecule has 0 heterocycles. The van der Waals surface area contributed by atoms with Crippen LogP contribution in [0.2, 0.25) is 0 Å². The van der Waals surface area contributed by atoms with E-state index in [1.807, 2.05) is 0 Å².